The summed E-state index contributed by atoms with van der Waals surface area (Å²) in [5.74, 6) is 0. The van der Waals surface area contributed by atoms with Gasteiger partial charge in [0, 0.05) is 36.8 Å². The third-order valence-corrected chi connectivity index (χ3v) is 3.25. The monoisotopic (exact) mass is 223 g/mol. The van der Waals surface area contributed by atoms with Crippen molar-refractivity contribution in [1.29, 1.82) is 0 Å². The molecule has 1 unspecified atom stereocenters. The highest BCUT2D eigenvalue weighted by atomic mass is 16.5. The Morgan fingerprint density at radius 1 is 1.62 bits per heavy atom. The molecule has 16 heavy (non-hydrogen) atoms. The molecular formula is C12H21N3O. The summed E-state index contributed by atoms with van der Waals surface area (Å²) in [5, 5.41) is 7.92. The van der Waals surface area contributed by atoms with Crippen molar-refractivity contribution in [2.45, 2.75) is 26.8 Å². The molecule has 1 aromatic heterocycles. The van der Waals surface area contributed by atoms with Crippen LogP contribution in [0.25, 0.3) is 0 Å². The molecule has 1 saturated heterocycles. The topological polar surface area (TPSA) is 39.1 Å². The van der Waals surface area contributed by atoms with Gasteiger partial charge in [-0.15, -0.1) is 0 Å². The number of hydrogen-bond acceptors (Lipinski definition) is 3. The molecule has 2 heterocycles. The Kier molecular flexibility index (Phi) is 3.04. The summed E-state index contributed by atoms with van der Waals surface area (Å²) in [6, 6.07) is 0.353. The summed E-state index contributed by atoms with van der Waals surface area (Å²) in [6.07, 6.45) is 2.09. The fourth-order valence-corrected chi connectivity index (χ4v) is 2.11. The second-order valence-electron chi connectivity index (χ2n) is 5.25. The lowest BCUT2D eigenvalue weighted by Crippen LogP contribution is -2.47. The Morgan fingerprint density at radius 3 is 2.75 bits per heavy atom. The Bertz CT molecular complexity index is 368. The van der Waals surface area contributed by atoms with Crippen molar-refractivity contribution in [3.05, 3.63) is 17.5 Å². The van der Waals surface area contributed by atoms with Gasteiger partial charge in [0.1, 0.15) is 0 Å². The molecule has 0 saturated carbocycles. The molecular weight excluding hydrogens is 202 g/mol. The first-order valence-electron chi connectivity index (χ1n) is 5.81. The van der Waals surface area contributed by atoms with Gasteiger partial charge in [-0.1, -0.05) is 6.92 Å². The van der Waals surface area contributed by atoms with Crippen LogP contribution in [0.2, 0.25) is 0 Å². The number of aromatic nitrogens is 2. The highest BCUT2D eigenvalue weighted by Crippen LogP contribution is 2.26. The zero-order chi connectivity index (χ0) is 11.8. The zero-order valence-electron chi connectivity index (χ0n) is 10.6. The van der Waals surface area contributed by atoms with Gasteiger partial charge in [0.15, 0.2) is 0 Å². The Hall–Kier alpha value is -0.870. The van der Waals surface area contributed by atoms with Crippen LogP contribution in [0.1, 0.15) is 31.1 Å². The maximum absolute atomic E-state index is 5.25. The molecule has 0 amide bonds. The van der Waals surface area contributed by atoms with E-state index >= 15 is 0 Å². The summed E-state index contributed by atoms with van der Waals surface area (Å²) in [5.41, 5.74) is 2.72. The van der Waals surface area contributed by atoms with E-state index in [1.165, 1.54) is 5.56 Å². The van der Waals surface area contributed by atoms with Crippen LogP contribution >= 0.6 is 0 Å². The van der Waals surface area contributed by atoms with Crippen LogP contribution in [0.15, 0.2) is 6.20 Å². The molecule has 0 radical (unpaired) electrons. The number of rotatable bonds is 4. The number of nitrogens with zero attached hydrogens (tertiary/aromatic N) is 2. The minimum Gasteiger partial charge on any atom is -0.380 e. The molecule has 90 valence electrons. The van der Waals surface area contributed by atoms with Crippen molar-refractivity contribution in [3.8, 4) is 0 Å². The summed E-state index contributed by atoms with van der Waals surface area (Å²) in [6.45, 7) is 9.25. The van der Waals surface area contributed by atoms with Crippen molar-refractivity contribution in [3.63, 3.8) is 0 Å². The molecule has 1 atom stereocenters. The maximum atomic E-state index is 5.25. The molecule has 1 N–H and O–H groups in total. The van der Waals surface area contributed by atoms with Crippen LogP contribution < -0.4 is 5.32 Å². The first-order chi connectivity index (χ1) is 7.50. The predicted molar refractivity (Wildman–Crippen MR) is 63.3 cm³/mol. The molecule has 1 fully saturated rings. The van der Waals surface area contributed by atoms with E-state index in [-0.39, 0.29) is 0 Å². The smallest absolute Gasteiger partial charge is 0.0641 e. The molecule has 0 bridgehead atoms. The largest absolute Gasteiger partial charge is 0.380 e. The minimum absolute atomic E-state index is 0.324. The van der Waals surface area contributed by atoms with Crippen molar-refractivity contribution in [2.24, 2.45) is 12.5 Å². The van der Waals surface area contributed by atoms with Crippen LogP contribution in [-0.4, -0.2) is 29.5 Å². The molecule has 1 aliphatic heterocycles. The standard InChI is InChI=1S/C12H21N3O/c1-9(11-5-15(4)14-10(11)2)13-6-12(3)7-16-8-12/h5,9,13H,6-8H2,1-4H3. The van der Waals surface area contributed by atoms with Crippen LogP contribution in [-0.2, 0) is 11.8 Å². The highest BCUT2D eigenvalue weighted by Gasteiger charge is 2.33. The predicted octanol–water partition coefficient (Wildman–Crippen LogP) is 1.42. The Labute approximate surface area is 97.0 Å². The molecule has 1 aliphatic rings. The second-order valence-corrected chi connectivity index (χ2v) is 5.25. The quantitative estimate of drug-likeness (QED) is 0.839. The fraction of sp³-hybridized carbons (Fsp3) is 0.750. The van der Waals surface area contributed by atoms with E-state index in [0.717, 1.165) is 25.5 Å². The van der Waals surface area contributed by atoms with Gasteiger partial charge in [0.05, 0.1) is 18.9 Å². The van der Waals surface area contributed by atoms with E-state index in [0.29, 0.717) is 11.5 Å². The van der Waals surface area contributed by atoms with E-state index < -0.39 is 0 Å². The Balaban J connectivity index is 1.92. The molecule has 1 aromatic rings. The lowest BCUT2D eigenvalue weighted by atomic mass is 9.88. The summed E-state index contributed by atoms with van der Waals surface area (Å²) < 4.78 is 7.12. The average Bonchev–Trinajstić information content (AvgIpc) is 2.51. The first-order valence-corrected chi connectivity index (χ1v) is 5.81. The van der Waals surface area contributed by atoms with Gasteiger partial charge >= 0.3 is 0 Å². The SMILES string of the molecule is Cc1nn(C)cc1C(C)NCC1(C)COC1. The van der Waals surface area contributed by atoms with E-state index in [1.54, 1.807) is 0 Å². The third-order valence-electron chi connectivity index (χ3n) is 3.25. The minimum atomic E-state index is 0.324. The molecule has 0 aliphatic carbocycles. The van der Waals surface area contributed by atoms with Crippen molar-refractivity contribution >= 4 is 0 Å². The van der Waals surface area contributed by atoms with Crippen molar-refractivity contribution in [2.75, 3.05) is 19.8 Å². The van der Waals surface area contributed by atoms with Gasteiger partial charge in [-0.2, -0.15) is 5.10 Å². The molecule has 2 rings (SSSR count). The van der Waals surface area contributed by atoms with E-state index in [2.05, 4.69) is 37.4 Å². The zero-order valence-corrected chi connectivity index (χ0v) is 10.6. The van der Waals surface area contributed by atoms with Gasteiger partial charge in [-0.05, 0) is 13.8 Å². The number of hydrogen-bond donors (Lipinski definition) is 1. The number of aryl methyl sites for hydroxylation is 2. The van der Waals surface area contributed by atoms with Gasteiger partial charge in [-0.25, -0.2) is 0 Å². The fourth-order valence-electron chi connectivity index (χ4n) is 2.11. The summed E-state index contributed by atoms with van der Waals surface area (Å²) in [7, 11) is 1.96. The normalized spacial score (nSPS) is 20.5. The van der Waals surface area contributed by atoms with Gasteiger partial charge < -0.3 is 10.1 Å². The van der Waals surface area contributed by atoms with E-state index in [1.807, 2.05) is 11.7 Å². The molecule has 4 heteroatoms. The molecule has 4 nitrogen and oxygen atoms in total. The van der Waals surface area contributed by atoms with E-state index in [9.17, 15) is 0 Å². The lowest BCUT2D eigenvalue weighted by Gasteiger charge is -2.39. The highest BCUT2D eigenvalue weighted by molar-refractivity contribution is 5.19. The van der Waals surface area contributed by atoms with Crippen molar-refractivity contribution in [1.82, 2.24) is 15.1 Å². The summed E-state index contributed by atoms with van der Waals surface area (Å²) >= 11 is 0. The maximum Gasteiger partial charge on any atom is 0.0641 e. The van der Waals surface area contributed by atoms with E-state index in [4.69, 9.17) is 4.74 Å². The van der Waals surface area contributed by atoms with Crippen molar-refractivity contribution < 1.29 is 4.74 Å². The van der Waals surface area contributed by atoms with Crippen LogP contribution in [0.4, 0.5) is 0 Å². The van der Waals surface area contributed by atoms with Crippen LogP contribution in [0, 0.1) is 12.3 Å². The number of ether oxygens (including phenoxy) is 1. The molecule has 0 aromatic carbocycles. The van der Waals surface area contributed by atoms with Gasteiger partial charge in [0.25, 0.3) is 0 Å². The van der Waals surface area contributed by atoms with Crippen LogP contribution in [0.5, 0.6) is 0 Å². The van der Waals surface area contributed by atoms with Gasteiger partial charge in [-0.3, -0.25) is 4.68 Å². The first kappa shape index (κ1) is 11.6. The van der Waals surface area contributed by atoms with Gasteiger partial charge in [0.2, 0.25) is 0 Å². The average molecular weight is 223 g/mol. The second kappa shape index (κ2) is 4.18. The molecule has 0 spiro atoms. The Morgan fingerprint density at radius 2 is 2.31 bits per heavy atom. The van der Waals surface area contributed by atoms with Crippen LogP contribution in [0.3, 0.4) is 0 Å². The number of nitrogens with one attached hydrogen (secondary N) is 1. The third kappa shape index (κ3) is 2.28. The lowest BCUT2D eigenvalue weighted by molar-refractivity contribution is -0.0999. The summed E-state index contributed by atoms with van der Waals surface area (Å²) in [4.78, 5) is 0.